The van der Waals surface area contributed by atoms with Gasteiger partial charge in [0.25, 0.3) is 0 Å². The fourth-order valence-electron chi connectivity index (χ4n) is 26.5. The third-order valence-electron chi connectivity index (χ3n) is 32.3. The Morgan fingerprint density at radius 3 is 0.795 bits per heavy atom. The van der Waals surface area contributed by atoms with Gasteiger partial charge in [0.2, 0.25) is 0 Å². The molecule has 676 valence electrons. The van der Waals surface area contributed by atoms with Crippen LogP contribution in [0.5, 0.6) is 0 Å². The van der Waals surface area contributed by atoms with E-state index >= 15 is 0 Å². The molecule has 0 aliphatic heterocycles. The fourth-order valence-corrected chi connectivity index (χ4v) is 26.5. The lowest BCUT2D eigenvalue weighted by molar-refractivity contribution is 0.669. The van der Waals surface area contributed by atoms with Crippen molar-refractivity contribution in [3.63, 3.8) is 0 Å². The van der Waals surface area contributed by atoms with Crippen LogP contribution in [0.1, 0.15) is 44.5 Å². The van der Waals surface area contributed by atoms with Crippen molar-refractivity contribution in [2.24, 2.45) is 0 Å². The second-order valence-electron chi connectivity index (χ2n) is 39.4. The molecule has 4 nitrogen and oxygen atoms in total. The van der Waals surface area contributed by atoms with E-state index in [2.05, 4.69) is 504 Å². The maximum atomic E-state index is 6.74. The van der Waals surface area contributed by atoms with Gasteiger partial charge in [0.1, 0.15) is 44.7 Å². The predicted molar refractivity (Wildman–Crippen MR) is 609 cm³/mol. The van der Waals surface area contributed by atoms with Gasteiger partial charge in [0.15, 0.2) is 0 Å². The molecule has 0 N–H and O–H groups in total. The number of hydrogen-bond acceptors (Lipinski definition) is 4. The van der Waals surface area contributed by atoms with Gasteiger partial charge in [0, 0.05) is 53.9 Å². The van der Waals surface area contributed by atoms with Gasteiger partial charge in [-0.2, -0.15) is 0 Å². The first-order chi connectivity index (χ1) is 72.5. The average molecular weight is 1850 g/mol. The summed E-state index contributed by atoms with van der Waals surface area (Å²) in [6.07, 6.45) is 0. The molecule has 0 spiro atoms. The number of rotatable bonds is 10. The van der Waals surface area contributed by atoms with Gasteiger partial charge in [0.05, 0.1) is 10.8 Å². The summed E-state index contributed by atoms with van der Waals surface area (Å²) in [6.45, 7) is 0. The zero-order chi connectivity index (χ0) is 95.6. The van der Waals surface area contributed by atoms with Gasteiger partial charge in [-0.05, 0) is 270 Å². The molecule has 0 bridgehead atoms. The van der Waals surface area contributed by atoms with Crippen LogP contribution in [0.4, 0.5) is 0 Å². The molecule has 2 aliphatic carbocycles. The van der Waals surface area contributed by atoms with Gasteiger partial charge in [-0.25, -0.2) is 0 Å². The average Bonchev–Trinajstić information content (AvgIpc) is 1.53. The second kappa shape index (κ2) is 31.8. The molecule has 2 aliphatic rings. The summed E-state index contributed by atoms with van der Waals surface area (Å²) >= 11 is 0. The van der Waals surface area contributed by atoms with E-state index in [4.69, 9.17) is 17.7 Å². The van der Waals surface area contributed by atoms with E-state index in [1.165, 1.54) is 209 Å². The Morgan fingerprint density at radius 2 is 0.377 bits per heavy atom. The summed E-state index contributed by atoms with van der Waals surface area (Å²) in [4.78, 5) is 0. The number of para-hydroxylation sites is 4. The summed E-state index contributed by atoms with van der Waals surface area (Å²) in [5.74, 6) is 0. The van der Waals surface area contributed by atoms with Crippen molar-refractivity contribution < 1.29 is 17.7 Å². The topological polar surface area (TPSA) is 52.6 Å². The molecular weight excluding hydrogens is 1770 g/mol. The number of benzene rings is 26. The first kappa shape index (κ1) is 81.8. The highest BCUT2D eigenvalue weighted by Crippen LogP contribution is 2.63. The first-order valence-electron chi connectivity index (χ1n) is 50.5. The molecule has 0 unspecified atom stereocenters. The summed E-state index contributed by atoms with van der Waals surface area (Å²) in [7, 11) is 0. The summed E-state index contributed by atoms with van der Waals surface area (Å²) in [6, 6.07) is 188. The van der Waals surface area contributed by atoms with Crippen molar-refractivity contribution in [1.82, 2.24) is 0 Å². The van der Waals surface area contributed by atoms with Crippen LogP contribution in [0.3, 0.4) is 0 Å². The molecule has 4 heterocycles. The van der Waals surface area contributed by atoms with Crippen LogP contribution in [0.2, 0.25) is 0 Å². The lowest BCUT2D eigenvalue weighted by Gasteiger charge is -2.34. The minimum atomic E-state index is -0.551. The lowest BCUT2D eigenvalue weighted by Crippen LogP contribution is -2.28. The van der Waals surface area contributed by atoms with Crippen molar-refractivity contribution in [1.29, 1.82) is 0 Å². The second-order valence-corrected chi connectivity index (χ2v) is 39.4. The van der Waals surface area contributed by atoms with E-state index in [0.29, 0.717) is 0 Å². The zero-order valence-electron chi connectivity index (χ0n) is 79.1. The van der Waals surface area contributed by atoms with Crippen LogP contribution in [-0.4, -0.2) is 0 Å². The van der Waals surface area contributed by atoms with Crippen molar-refractivity contribution in [2.45, 2.75) is 10.8 Å². The van der Waals surface area contributed by atoms with Crippen LogP contribution in [0, 0.1) is 0 Å². The van der Waals surface area contributed by atoms with Crippen molar-refractivity contribution in [3.05, 3.63) is 554 Å². The largest absolute Gasteiger partial charge is 0.456 e. The number of fused-ring (bicyclic) bond motifs is 30. The molecule has 26 aromatic carbocycles. The molecule has 0 atom stereocenters. The summed E-state index contributed by atoms with van der Waals surface area (Å²) in [5, 5.41) is 28.1. The number of hydrogen-bond donors (Lipinski definition) is 0. The Bertz CT molecular complexity index is 10500. The van der Waals surface area contributed by atoms with Gasteiger partial charge in [-0.1, -0.05) is 449 Å². The normalized spacial score (nSPS) is 13.0. The van der Waals surface area contributed by atoms with E-state index in [1.54, 1.807) is 0 Å². The van der Waals surface area contributed by atoms with Gasteiger partial charge in [-0.3, -0.25) is 0 Å². The highest BCUT2D eigenvalue weighted by molar-refractivity contribution is 6.32. The standard InChI is InChI=1S/2C71H42O2/c1-3-20-45(21-4-1)71(46-22-5-2-6-23-46)59-34-10-7-24-53(59)68-56(33-17-35-60(68)71)67-51-31-15-27-47(49-29-13-18-43-38-40-63-69(65(43)49)54-25-8-11-36-61(54)72-63)57(51)42-58-48(28-16-32-52(58)67)50-30-14-19-44-39-41-64-70(66(44)50)55-26-9-12-37-62(55)73-64;1-3-19-43(20-4-1)71(44-21-5-2-6-22-44)61-35-12-9-25-54(61)68-57(34-18-36-62(68)71)67-52-32-16-29-46(45-28-15-31-51-49(45)39-40-65-69(51)55-26-10-13-37-63(55)72-65)58(52)41-59-48(30-17-33-53(59)67)60-42-66-70(50-24-8-7-23-47(50)60)56-27-11-14-38-64(56)73-66/h2*1-42H. The molecular formula is C142H84O4. The molecule has 32 rings (SSSR count). The minimum absolute atomic E-state index is 0.548. The van der Waals surface area contributed by atoms with E-state index in [-0.39, 0.29) is 0 Å². The third kappa shape index (κ3) is 11.6. The maximum Gasteiger partial charge on any atom is 0.136 e. The van der Waals surface area contributed by atoms with E-state index in [9.17, 15) is 0 Å². The Morgan fingerprint density at radius 1 is 0.116 bits per heavy atom. The molecule has 30 aromatic rings. The smallest absolute Gasteiger partial charge is 0.136 e. The van der Waals surface area contributed by atoms with Crippen LogP contribution in [-0.2, 0) is 10.8 Å². The van der Waals surface area contributed by atoms with Crippen molar-refractivity contribution in [3.8, 4) is 89.0 Å². The fraction of sp³-hybridized carbons (Fsp3) is 0.0141. The molecule has 0 radical (unpaired) electrons. The van der Waals surface area contributed by atoms with Gasteiger partial charge >= 0.3 is 0 Å². The van der Waals surface area contributed by atoms with E-state index in [1.807, 2.05) is 6.07 Å². The molecule has 4 aromatic heterocycles. The Balaban J connectivity index is 0.000000133. The lowest BCUT2D eigenvalue weighted by atomic mass is 9.67. The van der Waals surface area contributed by atoms with Gasteiger partial charge in [-0.15, -0.1) is 0 Å². The Labute approximate surface area is 839 Å². The first-order valence-corrected chi connectivity index (χ1v) is 50.5. The zero-order valence-corrected chi connectivity index (χ0v) is 79.1. The van der Waals surface area contributed by atoms with Crippen molar-refractivity contribution in [2.75, 3.05) is 0 Å². The van der Waals surface area contributed by atoms with Crippen LogP contribution in [0.15, 0.2) is 527 Å². The molecule has 0 fully saturated rings. The summed E-state index contributed by atoms with van der Waals surface area (Å²) < 4.78 is 26.3. The van der Waals surface area contributed by atoms with E-state index in [0.717, 1.165) is 98.9 Å². The highest BCUT2D eigenvalue weighted by Gasteiger charge is 2.49. The van der Waals surface area contributed by atoms with Crippen LogP contribution >= 0.6 is 0 Å². The predicted octanol–water partition coefficient (Wildman–Crippen LogP) is 38.9. The van der Waals surface area contributed by atoms with Crippen LogP contribution in [0.25, 0.3) is 263 Å². The van der Waals surface area contributed by atoms with Crippen molar-refractivity contribution >= 4 is 174 Å². The quantitative estimate of drug-likeness (QED) is 0.128. The third-order valence-corrected chi connectivity index (χ3v) is 32.3. The maximum absolute atomic E-state index is 6.74. The monoisotopic (exact) mass is 1850 g/mol. The molecule has 0 amide bonds. The Kier molecular flexibility index (Phi) is 17.8. The molecule has 146 heavy (non-hydrogen) atoms. The summed E-state index contributed by atoms with van der Waals surface area (Å²) in [5.41, 5.74) is 35.5. The van der Waals surface area contributed by atoms with Gasteiger partial charge < -0.3 is 17.7 Å². The van der Waals surface area contributed by atoms with E-state index < -0.39 is 10.8 Å². The van der Waals surface area contributed by atoms with Crippen LogP contribution < -0.4 is 0 Å². The number of furan rings is 4. The highest BCUT2D eigenvalue weighted by atomic mass is 16.3. The molecule has 4 heteroatoms. The minimum Gasteiger partial charge on any atom is -0.456 e. The molecule has 0 saturated carbocycles. The SMILES string of the molecule is c1ccc(C2(c3ccccc3)c3ccccc3-c3c(-c4c5cccc(-c6cccc7c6ccc6oc8ccccc8c67)c5cc5c(-c6cc7oc8ccccc8c7c7ccccc67)cccc45)cccc32)cc1.c1ccc(C2(c3ccccc3)c3ccccc3-c3c(-c4c5cccc(-c6cccc7ccc8oc9ccccc9c8c67)c5cc5c(-c6cccc7ccc8oc9ccccc9c8c67)cccc45)cccc32)cc1. The Hall–Kier alpha value is -19.0. The molecule has 0 saturated heterocycles.